The summed E-state index contributed by atoms with van der Waals surface area (Å²) in [6.07, 6.45) is -3.38. The number of halogens is 3. The molecule has 1 heterocycles. The van der Waals surface area contributed by atoms with E-state index in [0.717, 1.165) is 19.3 Å². The molecule has 6 heteroatoms. The van der Waals surface area contributed by atoms with E-state index < -0.39 is 31.0 Å². The molecule has 1 saturated heterocycles. The van der Waals surface area contributed by atoms with Crippen molar-refractivity contribution in [2.24, 2.45) is 0 Å². The lowest BCUT2D eigenvalue weighted by Crippen LogP contribution is -2.45. The van der Waals surface area contributed by atoms with Crippen LogP contribution in [0.15, 0.2) is 0 Å². The monoisotopic (exact) mass is 267 g/mol. The number of carbonyl (C=O) groups is 1. The van der Waals surface area contributed by atoms with E-state index in [1.165, 1.54) is 4.90 Å². The smallest absolute Gasteiger partial charge is 0.389 e. The summed E-state index contributed by atoms with van der Waals surface area (Å²) in [7, 11) is 0. The van der Waals surface area contributed by atoms with Crippen molar-refractivity contribution in [3.05, 3.63) is 0 Å². The highest BCUT2D eigenvalue weighted by atomic mass is 19.4. The Morgan fingerprint density at radius 3 is 2.67 bits per heavy atom. The summed E-state index contributed by atoms with van der Waals surface area (Å²) in [6, 6.07) is -0.112. The molecular formula is C12H20F3NO2. The maximum Gasteiger partial charge on any atom is 0.389 e. The van der Waals surface area contributed by atoms with E-state index in [1.807, 2.05) is 0 Å². The topological polar surface area (TPSA) is 40.5 Å². The van der Waals surface area contributed by atoms with E-state index in [1.54, 1.807) is 6.92 Å². The first-order valence-electron chi connectivity index (χ1n) is 6.34. The van der Waals surface area contributed by atoms with Crippen LogP contribution in [-0.2, 0) is 4.79 Å². The average Bonchev–Trinajstić information content (AvgIpc) is 2.25. The minimum atomic E-state index is -4.29. The van der Waals surface area contributed by atoms with Gasteiger partial charge in [-0.15, -0.1) is 0 Å². The highest BCUT2D eigenvalue weighted by Crippen LogP contribution is 2.25. The Morgan fingerprint density at radius 1 is 1.44 bits per heavy atom. The Balaban J connectivity index is 2.52. The van der Waals surface area contributed by atoms with Gasteiger partial charge in [-0.1, -0.05) is 0 Å². The van der Waals surface area contributed by atoms with Crippen molar-refractivity contribution in [3.63, 3.8) is 0 Å². The van der Waals surface area contributed by atoms with E-state index in [0.29, 0.717) is 13.0 Å². The van der Waals surface area contributed by atoms with Crippen molar-refractivity contribution >= 4 is 5.91 Å². The van der Waals surface area contributed by atoms with Gasteiger partial charge in [-0.3, -0.25) is 4.79 Å². The van der Waals surface area contributed by atoms with Gasteiger partial charge in [0.05, 0.1) is 12.5 Å². The minimum Gasteiger partial charge on any atom is -0.393 e. The first-order chi connectivity index (χ1) is 8.29. The molecule has 0 spiro atoms. The van der Waals surface area contributed by atoms with Gasteiger partial charge in [0.25, 0.3) is 0 Å². The fraction of sp³-hybridized carbons (Fsp3) is 0.917. The third-order valence-corrected chi connectivity index (χ3v) is 3.18. The molecule has 2 unspecified atom stereocenters. The second kappa shape index (κ2) is 6.41. The van der Waals surface area contributed by atoms with E-state index >= 15 is 0 Å². The molecule has 1 N–H and O–H groups in total. The number of rotatable bonds is 4. The molecule has 1 aliphatic rings. The van der Waals surface area contributed by atoms with Gasteiger partial charge in [-0.25, -0.2) is 0 Å². The van der Waals surface area contributed by atoms with Crippen molar-refractivity contribution in [3.8, 4) is 0 Å². The first kappa shape index (κ1) is 15.3. The summed E-state index contributed by atoms with van der Waals surface area (Å²) < 4.78 is 36.2. The molecule has 0 bridgehead atoms. The molecule has 0 aromatic rings. The highest BCUT2D eigenvalue weighted by molar-refractivity contribution is 5.76. The number of aliphatic hydroxyl groups is 1. The molecule has 1 rings (SSSR count). The number of carbonyl (C=O) groups excluding carboxylic acids is 1. The van der Waals surface area contributed by atoms with Crippen LogP contribution in [0.3, 0.4) is 0 Å². The van der Waals surface area contributed by atoms with Crippen LogP contribution in [-0.4, -0.2) is 40.8 Å². The van der Waals surface area contributed by atoms with Crippen molar-refractivity contribution in [2.75, 3.05) is 6.54 Å². The molecule has 0 aromatic heterocycles. The lowest BCUT2D eigenvalue weighted by molar-refractivity contribution is -0.151. The Hall–Kier alpha value is -0.780. The Labute approximate surface area is 105 Å². The van der Waals surface area contributed by atoms with Crippen LogP contribution in [0.4, 0.5) is 13.2 Å². The molecule has 2 atom stereocenters. The van der Waals surface area contributed by atoms with E-state index in [4.69, 9.17) is 0 Å². The molecule has 3 nitrogen and oxygen atoms in total. The first-order valence-corrected chi connectivity index (χ1v) is 6.34. The van der Waals surface area contributed by atoms with Gasteiger partial charge in [0.2, 0.25) is 5.91 Å². The number of hydrogen-bond acceptors (Lipinski definition) is 2. The molecule has 0 aromatic carbocycles. The standard InChI is InChI=1S/C12H20F3NO2/c1-9(17)8-10-4-2-3-7-16(10)11(18)5-6-12(13,14)15/h9-10,17H,2-8H2,1H3. The molecule has 106 valence electrons. The van der Waals surface area contributed by atoms with Gasteiger partial charge < -0.3 is 10.0 Å². The van der Waals surface area contributed by atoms with E-state index in [2.05, 4.69) is 0 Å². The Morgan fingerprint density at radius 2 is 2.11 bits per heavy atom. The van der Waals surface area contributed by atoms with E-state index in [-0.39, 0.29) is 6.04 Å². The van der Waals surface area contributed by atoms with Crippen molar-refractivity contribution in [1.29, 1.82) is 0 Å². The summed E-state index contributed by atoms with van der Waals surface area (Å²) in [4.78, 5) is 13.3. The molecule has 0 aliphatic carbocycles. The molecule has 1 amide bonds. The van der Waals surface area contributed by atoms with Crippen LogP contribution < -0.4 is 0 Å². The lowest BCUT2D eigenvalue weighted by Gasteiger charge is -2.36. The fourth-order valence-electron chi connectivity index (χ4n) is 2.36. The van der Waals surface area contributed by atoms with Gasteiger partial charge in [0.1, 0.15) is 0 Å². The molecule has 1 aliphatic heterocycles. The third kappa shape index (κ3) is 5.25. The van der Waals surface area contributed by atoms with Crippen molar-refractivity contribution in [1.82, 2.24) is 4.90 Å². The summed E-state index contributed by atoms with van der Waals surface area (Å²) >= 11 is 0. The Kier molecular flexibility index (Phi) is 5.44. The molecule has 18 heavy (non-hydrogen) atoms. The molecule has 0 saturated carbocycles. The summed E-state index contributed by atoms with van der Waals surface area (Å²) in [6.45, 7) is 2.14. The quantitative estimate of drug-likeness (QED) is 0.850. The summed E-state index contributed by atoms with van der Waals surface area (Å²) in [5, 5.41) is 9.35. The van der Waals surface area contributed by atoms with Crippen LogP contribution in [0.1, 0.15) is 45.4 Å². The number of alkyl halides is 3. The number of nitrogens with zero attached hydrogens (tertiary/aromatic N) is 1. The van der Waals surface area contributed by atoms with Gasteiger partial charge >= 0.3 is 6.18 Å². The van der Waals surface area contributed by atoms with Crippen LogP contribution in [0.25, 0.3) is 0 Å². The minimum absolute atomic E-state index is 0.112. The van der Waals surface area contributed by atoms with E-state index in [9.17, 15) is 23.1 Å². The number of likely N-dealkylation sites (tertiary alicyclic amines) is 1. The number of hydrogen-bond donors (Lipinski definition) is 1. The Bertz CT molecular complexity index is 279. The van der Waals surface area contributed by atoms with Crippen LogP contribution >= 0.6 is 0 Å². The summed E-state index contributed by atoms with van der Waals surface area (Å²) in [5.41, 5.74) is 0. The zero-order valence-corrected chi connectivity index (χ0v) is 10.5. The predicted molar refractivity (Wildman–Crippen MR) is 60.9 cm³/mol. The molecule has 0 radical (unpaired) electrons. The molecule has 1 fully saturated rings. The van der Waals surface area contributed by atoms with Gasteiger partial charge in [-0.2, -0.15) is 13.2 Å². The van der Waals surface area contributed by atoms with Crippen LogP contribution in [0.2, 0.25) is 0 Å². The van der Waals surface area contributed by atoms with Crippen molar-refractivity contribution in [2.45, 2.75) is 63.8 Å². The number of amides is 1. The highest BCUT2D eigenvalue weighted by Gasteiger charge is 2.32. The maximum atomic E-state index is 12.1. The maximum absolute atomic E-state index is 12.1. The van der Waals surface area contributed by atoms with Crippen molar-refractivity contribution < 1.29 is 23.1 Å². The van der Waals surface area contributed by atoms with Gasteiger partial charge in [0.15, 0.2) is 0 Å². The van der Waals surface area contributed by atoms with Crippen LogP contribution in [0, 0.1) is 0 Å². The second-order valence-electron chi connectivity index (χ2n) is 4.94. The fourth-order valence-corrected chi connectivity index (χ4v) is 2.36. The van der Waals surface area contributed by atoms with Gasteiger partial charge in [0, 0.05) is 19.0 Å². The zero-order chi connectivity index (χ0) is 13.8. The predicted octanol–water partition coefficient (Wildman–Crippen LogP) is 2.48. The van der Waals surface area contributed by atoms with Gasteiger partial charge in [-0.05, 0) is 32.6 Å². The zero-order valence-electron chi connectivity index (χ0n) is 10.5. The summed E-state index contributed by atoms with van der Waals surface area (Å²) in [5.74, 6) is -0.447. The number of aliphatic hydroxyl groups excluding tert-OH is 1. The van der Waals surface area contributed by atoms with Crippen LogP contribution in [0.5, 0.6) is 0 Å². The largest absolute Gasteiger partial charge is 0.393 e. The normalized spacial score (nSPS) is 22.9. The average molecular weight is 267 g/mol. The lowest BCUT2D eigenvalue weighted by atomic mass is 9.96. The molecular weight excluding hydrogens is 247 g/mol. The SMILES string of the molecule is CC(O)CC1CCCCN1C(=O)CCC(F)(F)F. The second-order valence-corrected chi connectivity index (χ2v) is 4.94. The third-order valence-electron chi connectivity index (χ3n) is 3.18. The number of piperidine rings is 1.